The predicted octanol–water partition coefficient (Wildman–Crippen LogP) is 0.733. The Morgan fingerprint density at radius 2 is 1.87 bits per heavy atom. The molecule has 2 fully saturated rings. The molecule has 2 aliphatic rings. The molecule has 2 rings (SSSR count). The Labute approximate surface area is 141 Å². The molecule has 3 N–H and O–H groups in total. The van der Waals surface area contributed by atoms with Gasteiger partial charge in [0.2, 0.25) is 0 Å². The van der Waals surface area contributed by atoms with E-state index < -0.39 is 0 Å². The van der Waals surface area contributed by atoms with Gasteiger partial charge >= 0.3 is 0 Å². The second kappa shape index (κ2) is 10.1. The van der Waals surface area contributed by atoms with Gasteiger partial charge in [0.15, 0.2) is 5.96 Å². The Bertz CT molecular complexity index is 349. The van der Waals surface area contributed by atoms with Gasteiger partial charge in [-0.25, -0.2) is 0 Å². The maximum absolute atomic E-state index is 6.03. The van der Waals surface area contributed by atoms with E-state index in [2.05, 4.69) is 34.0 Å². The monoisotopic (exact) mass is 325 g/mol. The molecule has 6 heteroatoms. The maximum Gasteiger partial charge on any atom is 0.188 e. The van der Waals surface area contributed by atoms with Gasteiger partial charge in [0.25, 0.3) is 0 Å². The highest BCUT2D eigenvalue weighted by atomic mass is 16.5. The molecule has 1 unspecified atom stereocenters. The molecule has 0 aromatic rings. The van der Waals surface area contributed by atoms with Crippen molar-refractivity contribution < 1.29 is 4.74 Å². The largest absolute Gasteiger partial charge is 0.379 e. The summed E-state index contributed by atoms with van der Waals surface area (Å²) in [6.45, 7) is 13.6. The number of morpholine rings is 1. The predicted molar refractivity (Wildman–Crippen MR) is 95.8 cm³/mol. The zero-order valence-corrected chi connectivity index (χ0v) is 15.0. The molecule has 0 aliphatic carbocycles. The topological polar surface area (TPSA) is 66.1 Å². The fraction of sp³-hybridized carbons (Fsp3) is 0.941. The van der Waals surface area contributed by atoms with Crippen LogP contribution in [-0.4, -0.2) is 80.8 Å². The van der Waals surface area contributed by atoms with E-state index in [1.54, 1.807) is 0 Å². The molecule has 0 spiro atoms. The minimum absolute atomic E-state index is 0.520. The van der Waals surface area contributed by atoms with E-state index in [0.717, 1.165) is 52.4 Å². The summed E-state index contributed by atoms with van der Waals surface area (Å²) in [5.74, 6) is 1.21. The summed E-state index contributed by atoms with van der Waals surface area (Å²) >= 11 is 0. The summed E-state index contributed by atoms with van der Waals surface area (Å²) in [5.41, 5.74) is 6.03. The third kappa shape index (κ3) is 6.65. The van der Waals surface area contributed by atoms with Gasteiger partial charge in [-0.3, -0.25) is 14.8 Å². The number of guanidine groups is 1. The summed E-state index contributed by atoms with van der Waals surface area (Å²) in [6.07, 6.45) is 3.74. The first-order chi connectivity index (χ1) is 11.2. The number of hydrogen-bond acceptors (Lipinski definition) is 4. The Morgan fingerprint density at radius 3 is 2.52 bits per heavy atom. The van der Waals surface area contributed by atoms with Crippen LogP contribution in [0.15, 0.2) is 4.99 Å². The molecule has 0 radical (unpaired) electrons. The lowest BCUT2D eigenvalue weighted by Gasteiger charge is -2.29. The summed E-state index contributed by atoms with van der Waals surface area (Å²) in [5, 5.41) is 3.26. The van der Waals surface area contributed by atoms with Gasteiger partial charge in [-0.15, -0.1) is 0 Å². The summed E-state index contributed by atoms with van der Waals surface area (Å²) in [6, 6.07) is 0.520. The van der Waals surface area contributed by atoms with E-state index in [-0.39, 0.29) is 0 Å². The molecule has 0 saturated carbocycles. The SMILES string of the molecule is CC(C)C(CN=C(N)NCCCN1CCOCC1)N1CCCC1. The first-order valence-corrected chi connectivity index (χ1v) is 9.25. The van der Waals surface area contributed by atoms with E-state index >= 15 is 0 Å². The normalized spacial score (nSPS) is 22.7. The lowest BCUT2D eigenvalue weighted by atomic mass is 10.0. The van der Waals surface area contributed by atoms with Gasteiger partial charge < -0.3 is 15.8 Å². The fourth-order valence-electron chi connectivity index (χ4n) is 3.41. The van der Waals surface area contributed by atoms with Crippen molar-refractivity contribution in [2.45, 2.75) is 39.2 Å². The van der Waals surface area contributed by atoms with Crippen molar-refractivity contribution >= 4 is 5.96 Å². The minimum Gasteiger partial charge on any atom is -0.379 e. The Balaban J connectivity index is 1.63. The zero-order valence-electron chi connectivity index (χ0n) is 15.0. The van der Waals surface area contributed by atoms with Crippen LogP contribution in [0.3, 0.4) is 0 Å². The van der Waals surface area contributed by atoms with Crippen LogP contribution in [0, 0.1) is 5.92 Å². The number of nitrogens with one attached hydrogen (secondary N) is 1. The van der Waals surface area contributed by atoms with Crippen molar-refractivity contribution in [3.63, 3.8) is 0 Å². The van der Waals surface area contributed by atoms with E-state index in [9.17, 15) is 0 Å². The summed E-state index contributed by atoms with van der Waals surface area (Å²) in [4.78, 5) is 9.60. The van der Waals surface area contributed by atoms with Crippen molar-refractivity contribution in [3.05, 3.63) is 0 Å². The molecule has 1 atom stereocenters. The number of ether oxygens (including phenoxy) is 1. The molecule has 0 aromatic carbocycles. The van der Waals surface area contributed by atoms with Crippen molar-refractivity contribution in [3.8, 4) is 0 Å². The van der Waals surface area contributed by atoms with E-state index in [4.69, 9.17) is 10.5 Å². The number of likely N-dealkylation sites (tertiary alicyclic amines) is 1. The van der Waals surface area contributed by atoms with Gasteiger partial charge in [0, 0.05) is 25.7 Å². The van der Waals surface area contributed by atoms with Gasteiger partial charge in [0.05, 0.1) is 19.8 Å². The first-order valence-electron chi connectivity index (χ1n) is 9.25. The van der Waals surface area contributed by atoms with Gasteiger partial charge in [-0.1, -0.05) is 13.8 Å². The van der Waals surface area contributed by atoms with Crippen molar-refractivity contribution in [2.24, 2.45) is 16.6 Å². The van der Waals surface area contributed by atoms with Crippen LogP contribution in [-0.2, 0) is 4.74 Å². The molecule has 0 bridgehead atoms. The second-order valence-corrected chi connectivity index (χ2v) is 7.01. The molecule has 134 valence electrons. The molecular formula is C17H35N5O. The molecule has 23 heavy (non-hydrogen) atoms. The average Bonchev–Trinajstić information content (AvgIpc) is 3.06. The molecule has 2 aliphatic heterocycles. The van der Waals surface area contributed by atoms with E-state index in [1.807, 2.05) is 0 Å². The van der Waals surface area contributed by atoms with Crippen molar-refractivity contribution in [1.29, 1.82) is 0 Å². The van der Waals surface area contributed by atoms with Crippen LogP contribution >= 0.6 is 0 Å². The molecule has 6 nitrogen and oxygen atoms in total. The smallest absolute Gasteiger partial charge is 0.188 e. The quantitative estimate of drug-likeness (QED) is 0.391. The lowest BCUT2D eigenvalue weighted by molar-refractivity contribution is 0.0376. The van der Waals surface area contributed by atoms with Gasteiger partial charge in [-0.2, -0.15) is 0 Å². The van der Waals surface area contributed by atoms with Crippen LogP contribution in [0.1, 0.15) is 33.1 Å². The number of nitrogens with zero attached hydrogens (tertiary/aromatic N) is 3. The summed E-state index contributed by atoms with van der Waals surface area (Å²) in [7, 11) is 0. The van der Waals surface area contributed by atoms with Crippen LogP contribution in [0.4, 0.5) is 0 Å². The molecule has 0 aromatic heterocycles. The van der Waals surface area contributed by atoms with Crippen LogP contribution in [0.5, 0.6) is 0 Å². The molecule has 0 amide bonds. The third-order valence-electron chi connectivity index (χ3n) is 4.89. The maximum atomic E-state index is 6.03. The highest BCUT2D eigenvalue weighted by molar-refractivity contribution is 5.77. The fourth-order valence-corrected chi connectivity index (χ4v) is 3.41. The molecule has 2 heterocycles. The minimum atomic E-state index is 0.520. The van der Waals surface area contributed by atoms with Crippen LogP contribution in [0.25, 0.3) is 0 Å². The van der Waals surface area contributed by atoms with Crippen molar-refractivity contribution in [1.82, 2.24) is 15.1 Å². The lowest BCUT2D eigenvalue weighted by Crippen LogP contribution is -2.41. The Kier molecular flexibility index (Phi) is 8.12. The van der Waals surface area contributed by atoms with Crippen LogP contribution < -0.4 is 11.1 Å². The van der Waals surface area contributed by atoms with E-state index in [1.165, 1.54) is 25.9 Å². The molecular weight excluding hydrogens is 290 g/mol. The average molecular weight is 326 g/mol. The highest BCUT2D eigenvalue weighted by Crippen LogP contribution is 2.17. The van der Waals surface area contributed by atoms with Gasteiger partial charge in [-0.05, 0) is 44.8 Å². The number of aliphatic imine (C=N–C) groups is 1. The summed E-state index contributed by atoms with van der Waals surface area (Å²) < 4.78 is 5.36. The van der Waals surface area contributed by atoms with Crippen LogP contribution in [0.2, 0.25) is 0 Å². The van der Waals surface area contributed by atoms with Crippen molar-refractivity contribution in [2.75, 3.05) is 59.0 Å². The first kappa shape index (κ1) is 18.5. The van der Waals surface area contributed by atoms with E-state index in [0.29, 0.717) is 17.9 Å². The number of hydrogen-bond donors (Lipinski definition) is 2. The van der Waals surface area contributed by atoms with Gasteiger partial charge in [0.1, 0.15) is 0 Å². The number of rotatable bonds is 8. The number of nitrogens with two attached hydrogens (primary N) is 1. The standard InChI is InChI=1S/C17H35N5O/c1-15(2)16(22-8-3-4-9-22)14-20-17(18)19-6-5-7-21-10-12-23-13-11-21/h15-16H,3-14H2,1-2H3,(H3,18,19,20). The Morgan fingerprint density at radius 1 is 1.17 bits per heavy atom. The zero-order chi connectivity index (χ0) is 16.5. The third-order valence-corrected chi connectivity index (χ3v) is 4.89. The second-order valence-electron chi connectivity index (χ2n) is 7.01. The Hall–Kier alpha value is -0.850. The molecule has 2 saturated heterocycles. The highest BCUT2D eigenvalue weighted by Gasteiger charge is 2.24.